The minimum atomic E-state index is -3.58. The first-order valence-corrected chi connectivity index (χ1v) is 8.01. The fourth-order valence-electron chi connectivity index (χ4n) is 1.92. The zero-order valence-corrected chi connectivity index (χ0v) is 11.8. The maximum atomic E-state index is 12.0. The molecule has 1 aliphatic heterocycles. The van der Waals surface area contributed by atoms with Crippen molar-refractivity contribution in [1.29, 1.82) is 0 Å². The van der Waals surface area contributed by atoms with E-state index in [2.05, 4.69) is 10.0 Å². The maximum absolute atomic E-state index is 12.0. The molecule has 0 spiro atoms. The molecule has 108 valence electrons. The van der Waals surface area contributed by atoms with Gasteiger partial charge in [-0.1, -0.05) is 6.92 Å². The Balaban J connectivity index is 1.92. The Bertz CT molecular complexity index is 492. The molecule has 0 aliphatic carbocycles. The van der Waals surface area contributed by atoms with Gasteiger partial charge in [-0.2, -0.15) is 0 Å². The van der Waals surface area contributed by atoms with E-state index in [1.165, 1.54) is 6.07 Å². The summed E-state index contributed by atoms with van der Waals surface area (Å²) in [5.41, 5.74) is 0. The van der Waals surface area contributed by atoms with Crippen LogP contribution in [0.1, 0.15) is 25.5 Å². The summed E-state index contributed by atoms with van der Waals surface area (Å²) in [6, 6.07) is 3.15. The molecule has 7 heteroatoms. The summed E-state index contributed by atoms with van der Waals surface area (Å²) in [7, 11) is -3.58. The lowest BCUT2D eigenvalue weighted by Crippen LogP contribution is -2.31. The number of hydrogen-bond donors (Lipinski definition) is 2. The molecular weight excluding hydrogens is 268 g/mol. The predicted octanol–water partition coefficient (Wildman–Crippen LogP) is 0.846. The number of rotatable bonds is 7. The molecule has 1 aromatic rings. The van der Waals surface area contributed by atoms with Crippen LogP contribution in [-0.4, -0.2) is 34.2 Å². The van der Waals surface area contributed by atoms with Crippen LogP contribution in [0.4, 0.5) is 0 Å². The number of furan rings is 1. The van der Waals surface area contributed by atoms with Crippen LogP contribution in [0, 0.1) is 0 Å². The highest BCUT2D eigenvalue weighted by Crippen LogP contribution is 2.15. The third kappa shape index (κ3) is 4.04. The lowest BCUT2D eigenvalue weighted by Gasteiger charge is -2.09. The lowest BCUT2D eigenvalue weighted by molar-refractivity contribution is 0.114. The van der Waals surface area contributed by atoms with Crippen molar-refractivity contribution in [2.45, 2.75) is 37.5 Å². The van der Waals surface area contributed by atoms with Crippen molar-refractivity contribution in [1.82, 2.24) is 10.0 Å². The number of ether oxygens (including phenoxy) is 1. The molecule has 0 bridgehead atoms. The van der Waals surface area contributed by atoms with Crippen LogP contribution in [0.3, 0.4) is 0 Å². The molecule has 2 rings (SSSR count). The van der Waals surface area contributed by atoms with Gasteiger partial charge in [0.1, 0.15) is 5.76 Å². The summed E-state index contributed by atoms with van der Waals surface area (Å²) in [6.07, 6.45) is 1.86. The van der Waals surface area contributed by atoms with E-state index in [0.717, 1.165) is 19.4 Å². The number of sulfonamides is 1. The van der Waals surface area contributed by atoms with E-state index in [1.807, 2.05) is 6.92 Å². The molecule has 1 unspecified atom stereocenters. The molecule has 1 aromatic heterocycles. The molecule has 1 saturated heterocycles. The van der Waals surface area contributed by atoms with E-state index in [-0.39, 0.29) is 11.2 Å². The molecular formula is C12H20N2O4S. The molecule has 0 aromatic carbocycles. The second kappa shape index (κ2) is 6.51. The summed E-state index contributed by atoms with van der Waals surface area (Å²) >= 11 is 0. The first-order valence-electron chi connectivity index (χ1n) is 6.52. The van der Waals surface area contributed by atoms with Gasteiger partial charge >= 0.3 is 0 Å². The molecule has 0 amide bonds. The van der Waals surface area contributed by atoms with Gasteiger partial charge < -0.3 is 14.5 Å². The van der Waals surface area contributed by atoms with Gasteiger partial charge in [-0.3, -0.25) is 0 Å². The standard InChI is InChI=1S/C12H20N2O4S/c1-2-13-8-11-5-6-12(18-11)19(15,16)14-9-10-4-3-7-17-10/h5-6,10,13-14H,2-4,7-9H2,1H3. The molecule has 2 heterocycles. The normalized spacial score (nSPS) is 19.9. The average Bonchev–Trinajstić information content (AvgIpc) is 3.05. The smallest absolute Gasteiger partial charge is 0.274 e. The van der Waals surface area contributed by atoms with Gasteiger partial charge in [0.2, 0.25) is 5.09 Å². The minimum Gasteiger partial charge on any atom is -0.447 e. The van der Waals surface area contributed by atoms with Gasteiger partial charge in [-0.15, -0.1) is 0 Å². The summed E-state index contributed by atoms with van der Waals surface area (Å²) in [6.45, 7) is 4.31. The van der Waals surface area contributed by atoms with Gasteiger partial charge in [-0.25, -0.2) is 13.1 Å². The molecule has 1 aliphatic rings. The maximum Gasteiger partial charge on any atom is 0.274 e. The summed E-state index contributed by atoms with van der Waals surface area (Å²) in [5.74, 6) is 0.611. The third-order valence-corrected chi connectivity index (χ3v) is 4.27. The largest absolute Gasteiger partial charge is 0.447 e. The molecule has 1 fully saturated rings. The highest BCUT2D eigenvalue weighted by atomic mass is 32.2. The van der Waals surface area contributed by atoms with Crippen molar-refractivity contribution in [2.24, 2.45) is 0 Å². The molecule has 19 heavy (non-hydrogen) atoms. The van der Waals surface area contributed by atoms with Crippen molar-refractivity contribution in [3.05, 3.63) is 17.9 Å². The van der Waals surface area contributed by atoms with Crippen LogP contribution in [0.15, 0.2) is 21.6 Å². The Hall–Kier alpha value is -0.890. The zero-order valence-electron chi connectivity index (χ0n) is 11.0. The zero-order chi connectivity index (χ0) is 13.7. The fourth-order valence-corrected chi connectivity index (χ4v) is 2.94. The molecule has 0 radical (unpaired) electrons. The van der Waals surface area contributed by atoms with Crippen LogP contribution in [-0.2, 0) is 21.3 Å². The van der Waals surface area contributed by atoms with E-state index >= 15 is 0 Å². The molecule has 2 N–H and O–H groups in total. The summed E-state index contributed by atoms with van der Waals surface area (Å²) < 4.78 is 37.2. The Labute approximate surface area is 113 Å². The number of nitrogens with one attached hydrogen (secondary N) is 2. The SMILES string of the molecule is CCNCc1ccc(S(=O)(=O)NCC2CCCO2)o1. The molecule has 6 nitrogen and oxygen atoms in total. The lowest BCUT2D eigenvalue weighted by atomic mass is 10.2. The van der Waals surface area contributed by atoms with E-state index < -0.39 is 10.0 Å². The van der Waals surface area contributed by atoms with Crippen LogP contribution in [0.25, 0.3) is 0 Å². The second-order valence-corrected chi connectivity index (χ2v) is 6.19. The van der Waals surface area contributed by atoms with Gasteiger partial charge in [0.25, 0.3) is 10.0 Å². The van der Waals surface area contributed by atoms with Crippen molar-refractivity contribution in [3.63, 3.8) is 0 Å². The Kier molecular flexibility index (Phi) is 4.98. The topological polar surface area (TPSA) is 80.6 Å². The van der Waals surface area contributed by atoms with Crippen molar-refractivity contribution in [2.75, 3.05) is 19.7 Å². The number of hydrogen-bond acceptors (Lipinski definition) is 5. The third-order valence-electron chi connectivity index (χ3n) is 2.98. The Morgan fingerprint density at radius 3 is 2.95 bits per heavy atom. The quantitative estimate of drug-likeness (QED) is 0.777. The van der Waals surface area contributed by atoms with Gasteiger partial charge in [0, 0.05) is 13.2 Å². The Morgan fingerprint density at radius 1 is 1.42 bits per heavy atom. The summed E-state index contributed by atoms with van der Waals surface area (Å²) in [4.78, 5) is 0. The van der Waals surface area contributed by atoms with E-state index in [0.29, 0.717) is 25.5 Å². The fraction of sp³-hybridized carbons (Fsp3) is 0.667. The van der Waals surface area contributed by atoms with Gasteiger partial charge in [-0.05, 0) is 31.5 Å². The van der Waals surface area contributed by atoms with Crippen molar-refractivity contribution >= 4 is 10.0 Å². The van der Waals surface area contributed by atoms with E-state index in [4.69, 9.17) is 9.15 Å². The molecule has 0 saturated carbocycles. The van der Waals surface area contributed by atoms with Crippen LogP contribution in [0.2, 0.25) is 0 Å². The highest BCUT2D eigenvalue weighted by Gasteiger charge is 2.22. The van der Waals surface area contributed by atoms with Crippen molar-refractivity contribution < 1.29 is 17.6 Å². The van der Waals surface area contributed by atoms with E-state index in [9.17, 15) is 8.42 Å². The molecule has 1 atom stereocenters. The van der Waals surface area contributed by atoms with Gasteiger partial charge in [0.15, 0.2) is 0 Å². The Morgan fingerprint density at radius 2 is 2.26 bits per heavy atom. The second-order valence-electron chi connectivity index (χ2n) is 4.49. The minimum absolute atomic E-state index is 0.0223. The predicted molar refractivity (Wildman–Crippen MR) is 70.3 cm³/mol. The highest BCUT2D eigenvalue weighted by molar-refractivity contribution is 7.89. The van der Waals surface area contributed by atoms with Crippen molar-refractivity contribution in [3.8, 4) is 0 Å². The van der Waals surface area contributed by atoms with Gasteiger partial charge in [0.05, 0.1) is 12.6 Å². The van der Waals surface area contributed by atoms with Crippen LogP contribution < -0.4 is 10.0 Å². The van der Waals surface area contributed by atoms with Crippen LogP contribution >= 0.6 is 0 Å². The van der Waals surface area contributed by atoms with Crippen LogP contribution in [0.5, 0.6) is 0 Å². The monoisotopic (exact) mass is 288 g/mol. The first kappa shape index (κ1) is 14.5. The first-order chi connectivity index (χ1) is 9.12. The average molecular weight is 288 g/mol. The summed E-state index contributed by atoms with van der Waals surface area (Å²) in [5, 5.41) is 3.03. The van der Waals surface area contributed by atoms with E-state index in [1.54, 1.807) is 6.07 Å².